The average molecular weight is 378 g/mol. The number of aromatic nitrogens is 2. The lowest BCUT2D eigenvalue weighted by molar-refractivity contribution is 0.103. The Morgan fingerprint density at radius 1 is 1.24 bits per heavy atom. The van der Waals surface area contributed by atoms with E-state index in [1.165, 1.54) is 40.7 Å². The van der Waals surface area contributed by atoms with Crippen LogP contribution in [0.5, 0.6) is 0 Å². The van der Waals surface area contributed by atoms with E-state index in [4.69, 9.17) is 0 Å². The van der Waals surface area contributed by atoms with E-state index < -0.39 is 10.0 Å². The van der Waals surface area contributed by atoms with Crippen LogP contribution in [0.25, 0.3) is 0 Å². The largest absolute Gasteiger partial charge is 0.321 e. The molecule has 0 aliphatic carbocycles. The van der Waals surface area contributed by atoms with E-state index in [9.17, 15) is 13.2 Å². The Hall–Kier alpha value is -2.36. The first-order chi connectivity index (χ1) is 11.9. The minimum atomic E-state index is -3.66. The number of aryl methyl sites for hydroxylation is 1. The molecule has 0 atom stereocenters. The first-order valence-electron chi connectivity index (χ1n) is 7.32. The Morgan fingerprint density at radius 2 is 1.84 bits per heavy atom. The molecule has 0 saturated heterocycles. The third-order valence-corrected chi connectivity index (χ3v) is 5.95. The summed E-state index contributed by atoms with van der Waals surface area (Å²) in [5, 5.41) is 6.48. The quantitative estimate of drug-likeness (QED) is 0.713. The molecule has 132 valence electrons. The zero-order valence-electron chi connectivity index (χ0n) is 13.7. The van der Waals surface area contributed by atoms with Crippen molar-refractivity contribution in [2.75, 3.05) is 18.4 Å². The fourth-order valence-corrected chi connectivity index (χ4v) is 3.98. The van der Waals surface area contributed by atoms with Crippen LogP contribution in [0.15, 0.2) is 54.5 Å². The third kappa shape index (κ3) is 4.38. The fraction of sp³-hybridized carbons (Fsp3) is 0.188. The SMILES string of the molecule is C=CCN(CC=C)S(=O)(=O)c1ccc(NC(=O)c2snnc2C)cc1. The molecular weight excluding hydrogens is 360 g/mol. The summed E-state index contributed by atoms with van der Waals surface area (Å²) >= 11 is 1.00. The standard InChI is InChI=1S/C16H18N4O3S2/c1-4-10-20(11-5-2)25(22,23)14-8-6-13(7-9-14)17-16(21)15-12(3)18-19-24-15/h4-9H,1-2,10-11H2,3H3,(H,17,21). The van der Waals surface area contributed by atoms with Crippen molar-refractivity contribution in [1.29, 1.82) is 0 Å². The predicted molar refractivity (Wildman–Crippen MR) is 98.2 cm³/mol. The minimum Gasteiger partial charge on any atom is -0.321 e. The number of benzene rings is 1. The molecule has 1 N–H and O–H groups in total. The molecule has 0 spiro atoms. The molecule has 2 aromatic rings. The molecule has 0 fully saturated rings. The fourth-order valence-electron chi connectivity index (χ4n) is 2.05. The number of sulfonamides is 1. The van der Waals surface area contributed by atoms with E-state index >= 15 is 0 Å². The van der Waals surface area contributed by atoms with Crippen LogP contribution >= 0.6 is 11.5 Å². The number of carbonyl (C=O) groups excluding carboxylic acids is 1. The maximum atomic E-state index is 12.6. The summed E-state index contributed by atoms with van der Waals surface area (Å²) in [6.45, 7) is 9.21. The van der Waals surface area contributed by atoms with Crippen LogP contribution in [0.2, 0.25) is 0 Å². The number of anilines is 1. The molecule has 1 amide bonds. The number of hydrogen-bond acceptors (Lipinski definition) is 6. The van der Waals surface area contributed by atoms with Gasteiger partial charge in [-0.3, -0.25) is 4.79 Å². The van der Waals surface area contributed by atoms with Crippen LogP contribution < -0.4 is 5.32 Å². The van der Waals surface area contributed by atoms with E-state index in [1.807, 2.05) is 0 Å². The van der Waals surface area contributed by atoms with Crippen molar-refractivity contribution < 1.29 is 13.2 Å². The Bertz CT molecular complexity index is 863. The molecule has 0 bridgehead atoms. The van der Waals surface area contributed by atoms with Crippen molar-refractivity contribution in [2.45, 2.75) is 11.8 Å². The van der Waals surface area contributed by atoms with Crippen molar-refractivity contribution in [2.24, 2.45) is 0 Å². The lowest BCUT2D eigenvalue weighted by Gasteiger charge is -2.19. The molecule has 0 unspecified atom stereocenters. The zero-order chi connectivity index (χ0) is 18.4. The van der Waals surface area contributed by atoms with Crippen molar-refractivity contribution in [3.8, 4) is 0 Å². The summed E-state index contributed by atoms with van der Waals surface area (Å²) in [4.78, 5) is 12.7. The van der Waals surface area contributed by atoms with E-state index in [0.717, 1.165) is 11.5 Å². The molecule has 7 nitrogen and oxygen atoms in total. The summed E-state index contributed by atoms with van der Waals surface area (Å²) in [7, 11) is -3.66. The predicted octanol–water partition coefficient (Wildman–Crippen LogP) is 2.46. The molecule has 0 aliphatic heterocycles. The first-order valence-corrected chi connectivity index (χ1v) is 9.53. The van der Waals surface area contributed by atoms with Gasteiger partial charge in [-0.1, -0.05) is 16.6 Å². The van der Waals surface area contributed by atoms with E-state index in [1.54, 1.807) is 6.92 Å². The van der Waals surface area contributed by atoms with Gasteiger partial charge >= 0.3 is 0 Å². The number of rotatable bonds is 8. The van der Waals surface area contributed by atoms with Gasteiger partial charge in [0.25, 0.3) is 5.91 Å². The first kappa shape index (κ1) is 19.0. The lowest BCUT2D eigenvalue weighted by Crippen LogP contribution is -2.31. The van der Waals surface area contributed by atoms with E-state index in [0.29, 0.717) is 16.3 Å². The molecule has 9 heteroatoms. The Labute approximate surface area is 150 Å². The number of hydrogen-bond donors (Lipinski definition) is 1. The smallest absolute Gasteiger partial charge is 0.269 e. The zero-order valence-corrected chi connectivity index (χ0v) is 15.3. The number of carbonyl (C=O) groups is 1. The van der Waals surface area contributed by atoms with Crippen LogP contribution in [-0.4, -0.2) is 41.3 Å². The van der Waals surface area contributed by atoms with Crippen LogP contribution in [0.1, 0.15) is 15.4 Å². The Balaban J connectivity index is 2.18. The summed E-state index contributed by atoms with van der Waals surface area (Å²) < 4.78 is 30.2. The highest BCUT2D eigenvalue weighted by atomic mass is 32.2. The average Bonchev–Trinajstić information content (AvgIpc) is 3.01. The summed E-state index contributed by atoms with van der Waals surface area (Å²) in [5.41, 5.74) is 1.03. The van der Waals surface area contributed by atoms with Gasteiger partial charge in [-0.15, -0.1) is 18.3 Å². The van der Waals surface area contributed by atoms with Gasteiger partial charge < -0.3 is 5.32 Å². The van der Waals surface area contributed by atoms with E-state index in [-0.39, 0.29) is 23.9 Å². The van der Waals surface area contributed by atoms with Crippen LogP contribution in [0.3, 0.4) is 0 Å². The summed E-state index contributed by atoms with van der Waals surface area (Å²) in [6, 6.07) is 5.97. The minimum absolute atomic E-state index is 0.129. The molecule has 1 aromatic carbocycles. The summed E-state index contributed by atoms with van der Waals surface area (Å²) in [5.74, 6) is -0.331. The van der Waals surface area contributed by atoms with Crippen LogP contribution in [0.4, 0.5) is 5.69 Å². The van der Waals surface area contributed by atoms with Crippen molar-refractivity contribution in [1.82, 2.24) is 13.9 Å². The number of amides is 1. The van der Waals surface area contributed by atoms with Crippen LogP contribution in [0, 0.1) is 6.92 Å². The Kier molecular flexibility index (Phi) is 6.18. The third-order valence-electron chi connectivity index (χ3n) is 3.27. The van der Waals surface area contributed by atoms with Gasteiger partial charge in [0.2, 0.25) is 10.0 Å². The maximum Gasteiger partial charge on any atom is 0.269 e. The second-order valence-electron chi connectivity index (χ2n) is 5.07. The molecule has 0 radical (unpaired) electrons. The van der Waals surface area contributed by atoms with Gasteiger partial charge in [0, 0.05) is 18.8 Å². The molecule has 0 saturated carbocycles. The van der Waals surface area contributed by atoms with Crippen molar-refractivity contribution in [3.63, 3.8) is 0 Å². The molecule has 2 rings (SSSR count). The Morgan fingerprint density at radius 3 is 2.32 bits per heavy atom. The highest BCUT2D eigenvalue weighted by Gasteiger charge is 2.22. The van der Waals surface area contributed by atoms with Gasteiger partial charge in [0.05, 0.1) is 10.6 Å². The topological polar surface area (TPSA) is 92.3 Å². The van der Waals surface area contributed by atoms with Gasteiger partial charge in [0.1, 0.15) is 4.88 Å². The van der Waals surface area contributed by atoms with Gasteiger partial charge in [-0.25, -0.2) is 8.42 Å². The van der Waals surface area contributed by atoms with Gasteiger partial charge in [-0.2, -0.15) is 4.31 Å². The maximum absolute atomic E-state index is 12.6. The highest BCUT2D eigenvalue weighted by molar-refractivity contribution is 7.89. The molecule has 1 aromatic heterocycles. The lowest BCUT2D eigenvalue weighted by atomic mass is 10.3. The molecule has 25 heavy (non-hydrogen) atoms. The van der Waals surface area contributed by atoms with Gasteiger partial charge in [0.15, 0.2) is 0 Å². The molecular formula is C16H18N4O3S2. The van der Waals surface area contributed by atoms with Crippen LogP contribution in [-0.2, 0) is 10.0 Å². The second kappa shape index (κ2) is 8.15. The van der Waals surface area contributed by atoms with Crippen molar-refractivity contribution >= 4 is 33.2 Å². The number of nitrogens with one attached hydrogen (secondary N) is 1. The second-order valence-corrected chi connectivity index (χ2v) is 7.76. The normalized spacial score (nSPS) is 11.3. The highest BCUT2D eigenvalue weighted by Crippen LogP contribution is 2.20. The van der Waals surface area contributed by atoms with E-state index in [2.05, 4.69) is 28.1 Å². The number of nitrogens with zero attached hydrogens (tertiary/aromatic N) is 3. The van der Waals surface area contributed by atoms with Gasteiger partial charge in [-0.05, 0) is 42.7 Å². The van der Waals surface area contributed by atoms with Crippen molar-refractivity contribution in [3.05, 3.63) is 60.1 Å². The molecule has 0 aliphatic rings. The summed E-state index contributed by atoms with van der Waals surface area (Å²) in [6.07, 6.45) is 3.03. The molecule has 1 heterocycles. The monoisotopic (exact) mass is 378 g/mol.